The van der Waals surface area contributed by atoms with E-state index in [2.05, 4.69) is 4.98 Å². The Morgan fingerprint density at radius 2 is 1.88 bits per heavy atom. The molecule has 1 unspecified atom stereocenters. The zero-order chi connectivity index (χ0) is 11.5. The van der Waals surface area contributed by atoms with Gasteiger partial charge in [0.25, 0.3) is 0 Å². The normalized spacial score (nSPS) is 12.4. The van der Waals surface area contributed by atoms with Gasteiger partial charge in [-0.2, -0.15) is 0 Å². The molecule has 0 aliphatic heterocycles. The zero-order valence-corrected chi connectivity index (χ0v) is 9.03. The van der Waals surface area contributed by atoms with Crippen LogP contribution in [0, 0.1) is 5.82 Å². The maximum atomic E-state index is 13.6. The molecular formula is C12H9ClFNO. The minimum absolute atomic E-state index is 0.00519. The molecule has 2 aromatic rings. The first-order valence-corrected chi connectivity index (χ1v) is 5.10. The molecule has 1 heterocycles. The molecule has 16 heavy (non-hydrogen) atoms. The Kier molecular flexibility index (Phi) is 3.17. The number of aromatic nitrogens is 1. The minimum atomic E-state index is -1.03. The van der Waals surface area contributed by atoms with Gasteiger partial charge in [-0.05, 0) is 23.8 Å². The van der Waals surface area contributed by atoms with Crippen LogP contribution >= 0.6 is 11.6 Å². The molecule has 4 heteroatoms. The van der Waals surface area contributed by atoms with Crippen LogP contribution in [0.1, 0.15) is 17.2 Å². The highest BCUT2D eigenvalue weighted by Crippen LogP contribution is 2.27. The van der Waals surface area contributed by atoms with E-state index in [4.69, 9.17) is 11.6 Å². The number of rotatable bonds is 2. The van der Waals surface area contributed by atoms with Crippen molar-refractivity contribution >= 4 is 11.6 Å². The molecule has 0 fully saturated rings. The van der Waals surface area contributed by atoms with E-state index in [1.165, 1.54) is 12.1 Å². The molecule has 0 amide bonds. The SMILES string of the molecule is OC(c1ccncc1)c1cccc(Cl)c1F. The van der Waals surface area contributed by atoms with Crippen molar-refractivity contribution in [2.24, 2.45) is 0 Å². The summed E-state index contributed by atoms with van der Waals surface area (Å²) >= 11 is 5.65. The van der Waals surface area contributed by atoms with Gasteiger partial charge in [-0.25, -0.2) is 4.39 Å². The first kappa shape index (κ1) is 11.0. The van der Waals surface area contributed by atoms with Gasteiger partial charge in [0.2, 0.25) is 0 Å². The van der Waals surface area contributed by atoms with Gasteiger partial charge in [-0.3, -0.25) is 4.98 Å². The molecule has 1 aromatic carbocycles. The van der Waals surface area contributed by atoms with E-state index in [0.717, 1.165) is 0 Å². The van der Waals surface area contributed by atoms with Crippen molar-refractivity contribution in [1.29, 1.82) is 0 Å². The van der Waals surface area contributed by atoms with Crippen LogP contribution in [0.3, 0.4) is 0 Å². The third kappa shape index (κ3) is 2.05. The maximum Gasteiger partial charge on any atom is 0.147 e. The van der Waals surface area contributed by atoms with Crippen LogP contribution in [0.25, 0.3) is 0 Å². The van der Waals surface area contributed by atoms with Crippen molar-refractivity contribution in [3.8, 4) is 0 Å². The van der Waals surface area contributed by atoms with Crippen molar-refractivity contribution in [3.63, 3.8) is 0 Å². The van der Waals surface area contributed by atoms with Gasteiger partial charge in [0, 0.05) is 18.0 Å². The van der Waals surface area contributed by atoms with E-state index in [1.807, 2.05) is 0 Å². The van der Waals surface area contributed by atoms with Gasteiger partial charge >= 0.3 is 0 Å². The minimum Gasteiger partial charge on any atom is -0.384 e. The number of halogens is 2. The first-order chi connectivity index (χ1) is 7.70. The Morgan fingerprint density at radius 1 is 1.19 bits per heavy atom. The number of nitrogens with zero attached hydrogens (tertiary/aromatic N) is 1. The van der Waals surface area contributed by atoms with Crippen molar-refractivity contribution in [2.45, 2.75) is 6.10 Å². The highest BCUT2D eigenvalue weighted by Gasteiger charge is 2.16. The second kappa shape index (κ2) is 4.60. The fourth-order valence-electron chi connectivity index (χ4n) is 1.46. The van der Waals surface area contributed by atoms with E-state index in [0.29, 0.717) is 5.56 Å². The molecule has 0 saturated heterocycles. The molecular weight excluding hydrogens is 229 g/mol. The smallest absolute Gasteiger partial charge is 0.147 e. The predicted molar refractivity (Wildman–Crippen MR) is 59.7 cm³/mol. The first-order valence-electron chi connectivity index (χ1n) is 4.72. The molecule has 82 valence electrons. The lowest BCUT2D eigenvalue weighted by molar-refractivity contribution is 0.215. The van der Waals surface area contributed by atoms with E-state index in [1.54, 1.807) is 30.6 Å². The number of benzene rings is 1. The highest BCUT2D eigenvalue weighted by atomic mass is 35.5. The van der Waals surface area contributed by atoms with Gasteiger partial charge in [0.15, 0.2) is 0 Å². The Labute approximate surface area is 97.3 Å². The van der Waals surface area contributed by atoms with Crippen LogP contribution in [-0.2, 0) is 0 Å². The van der Waals surface area contributed by atoms with E-state index in [9.17, 15) is 9.50 Å². The average molecular weight is 238 g/mol. The number of aliphatic hydroxyl groups is 1. The lowest BCUT2D eigenvalue weighted by atomic mass is 10.0. The van der Waals surface area contributed by atoms with Crippen LogP contribution in [0.2, 0.25) is 5.02 Å². The summed E-state index contributed by atoms with van der Waals surface area (Å²) in [4.78, 5) is 3.83. The average Bonchev–Trinajstić information content (AvgIpc) is 2.33. The van der Waals surface area contributed by atoms with Crippen LogP contribution < -0.4 is 0 Å². The molecule has 0 spiro atoms. The molecule has 0 saturated carbocycles. The molecule has 0 radical (unpaired) electrons. The summed E-state index contributed by atoms with van der Waals surface area (Å²) in [6, 6.07) is 7.81. The van der Waals surface area contributed by atoms with Crippen molar-refractivity contribution in [2.75, 3.05) is 0 Å². The lowest BCUT2D eigenvalue weighted by Crippen LogP contribution is -2.02. The standard InChI is InChI=1S/C12H9ClFNO/c13-10-3-1-2-9(11(10)14)12(16)8-4-6-15-7-5-8/h1-7,12,16H. The van der Waals surface area contributed by atoms with Crippen molar-refractivity contribution in [1.82, 2.24) is 4.98 Å². The molecule has 1 N–H and O–H groups in total. The summed E-state index contributed by atoms with van der Waals surface area (Å²) in [7, 11) is 0. The van der Waals surface area contributed by atoms with E-state index >= 15 is 0 Å². The number of aliphatic hydroxyl groups excluding tert-OH is 1. The number of hydrogen-bond donors (Lipinski definition) is 1. The second-order valence-corrected chi connectivity index (χ2v) is 3.73. The molecule has 1 atom stereocenters. The summed E-state index contributed by atoms with van der Waals surface area (Å²) in [6.07, 6.45) is 2.06. The van der Waals surface area contributed by atoms with Crippen molar-refractivity contribution < 1.29 is 9.50 Å². The van der Waals surface area contributed by atoms with Crippen molar-refractivity contribution in [3.05, 3.63) is 64.7 Å². The summed E-state index contributed by atoms with van der Waals surface area (Å²) in [5, 5.41) is 9.98. The second-order valence-electron chi connectivity index (χ2n) is 3.33. The van der Waals surface area contributed by atoms with E-state index in [-0.39, 0.29) is 10.6 Å². The monoisotopic (exact) mass is 237 g/mol. The maximum absolute atomic E-state index is 13.6. The summed E-state index contributed by atoms with van der Waals surface area (Å²) in [5.74, 6) is -0.589. The number of hydrogen-bond acceptors (Lipinski definition) is 2. The Bertz CT molecular complexity index is 490. The molecule has 2 rings (SSSR count). The Balaban J connectivity index is 2.42. The van der Waals surface area contributed by atoms with Crippen LogP contribution in [0.4, 0.5) is 4.39 Å². The quantitative estimate of drug-likeness (QED) is 0.871. The van der Waals surface area contributed by atoms with Gasteiger partial charge in [-0.1, -0.05) is 23.7 Å². The van der Waals surface area contributed by atoms with Gasteiger partial charge in [0.05, 0.1) is 5.02 Å². The molecule has 1 aromatic heterocycles. The fraction of sp³-hybridized carbons (Fsp3) is 0.0833. The Hall–Kier alpha value is -1.45. The van der Waals surface area contributed by atoms with Crippen LogP contribution in [0.15, 0.2) is 42.7 Å². The third-order valence-electron chi connectivity index (χ3n) is 2.30. The van der Waals surface area contributed by atoms with E-state index < -0.39 is 11.9 Å². The summed E-state index contributed by atoms with van der Waals surface area (Å²) in [5.41, 5.74) is 0.745. The van der Waals surface area contributed by atoms with Gasteiger partial charge in [-0.15, -0.1) is 0 Å². The number of pyridine rings is 1. The summed E-state index contributed by atoms with van der Waals surface area (Å²) in [6.45, 7) is 0. The molecule has 2 nitrogen and oxygen atoms in total. The third-order valence-corrected chi connectivity index (χ3v) is 2.59. The highest BCUT2D eigenvalue weighted by molar-refractivity contribution is 6.30. The molecule has 0 aliphatic carbocycles. The van der Waals surface area contributed by atoms with Gasteiger partial charge in [0.1, 0.15) is 11.9 Å². The topological polar surface area (TPSA) is 33.1 Å². The van der Waals surface area contributed by atoms with Crippen LogP contribution in [0.5, 0.6) is 0 Å². The van der Waals surface area contributed by atoms with Crippen LogP contribution in [-0.4, -0.2) is 10.1 Å². The predicted octanol–water partition coefficient (Wildman–Crippen LogP) is 2.96. The molecule has 0 bridgehead atoms. The summed E-state index contributed by atoms with van der Waals surface area (Å²) < 4.78 is 13.6. The lowest BCUT2D eigenvalue weighted by Gasteiger charge is -2.12. The van der Waals surface area contributed by atoms with Gasteiger partial charge < -0.3 is 5.11 Å². The Morgan fingerprint density at radius 3 is 2.56 bits per heavy atom. The fourth-order valence-corrected chi connectivity index (χ4v) is 1.64. The zero-order valence-electron chi connectivity index (χ0n) is 8.27. The largest absolute Gasteiger partial charge is 0.384 e. The molecule has 0 aliphatic rings.